The minimum atomic E-state index is -0.651. The second-order valence-corrected chi connectivity index (χ2v) is 8.15. The van der Waals surface area contributed by atoms with Gasteiger partial charge in [-0.05, 0) is 43.7 Å². The van der Waals surface area contributed by atoms with E-state index in [2.05, 4.69) is 20.9 Å². The number of benzene rings is 1. The average molecular weight is 447 g/mol. The summed E-state index contributed by atoms with van der Waals surface area (Å²) in [5.74, 6) is -0.946. The highest BCUT2D eigenvalue weighted by Gasteiger charge is 2.33. The lowest BCUT2D eigenvalue weighted by molar-refractivity contribution is -0.124. The zero-order chi connectivity index (χ0) is 23.1. The van der Waals surface area contributed by atoms with Gasteiger partial charge in [0.25, 0.3) is 0 Å². The number of anilines is 1. The van der Waals surface area contributed by atoms with Gasteiger partial charge in [0.1, 0.15) is 5.82 Å². The largest absolute Gasteiger partial charge is 0.390 e. The standard InChI is InChI=1S/C23H31FN4O4/c1-15-20(5-3-17-11-18(24)4-6-21(17)26-14-29)27-16(2)22(15)23(31)25-12-19(30)13-28-7-9-32-10-8-28/h3-6,11,14,16,19,22,27,30H,7-10,12-13H2,1-2H3,(H,25,31)(H,26,29)/b5-3+/t16?,19-,22?/m0/s1. The minimum Gasteiger partial charge on any atom is -0.390 e. The quantitative estimate of drug-likeness (QED) is 0.424. The van der Waals surface area contributed by atoms with Crippen LogP contribution in [0.3, 0.4) is 0 Å². The molecule has 1 saturated heterocycles. The Morgan fingerprint density at radius 2 is 2.12 bits per heavy atom. The summed E-state index contributed by atoms with van der Waals surface area (Å²) in [6, 6.07) is 3.97. The van der Waals surface area contributed by atoms with Crippen LogP contribution >= 0.6 is 0 Å². The second-order valence-electron chi connectivity index (χ2n) is 8.15. The lowest BCUT2D eigenvalue weighted by Crippen LogP contribution is -2.46. The Kier molecular flexibility index (Phi) is 8.38. The van der Waals surface area contributed by atoms with Crippen molar-refractivity contribution >= 4 is 24.1 Å². The first-order valence-corrected chi connectivity index (χ1v) is 10.8. The summed E-state index contributed by atoms with van der Waals surface area (Å²) < 4.78 is 18.9. The topological polar surface area (TPSA) is 103 Å². The molecule has 1 fully saturated rings. The Labute approximate surface area is 187 Å². The molecule has 9 heteroatoms. The number of β-amino-alcohol motifs (C(OH)–C–C–N with tert-alkyl or cyclic N) is 1. The number of hydrogen-bond acceptors (Lipinski definition) is 6. The molecule has 4 N–H and O–H groups in total. The fraction of sp³-hybridized carbons (Fsp3) is 0.478. The molecule has 2 aliphatic heterocycles. The van der Waals surface area contributed by atoms with Gasteiger partial charge < -0.3 is 25.8 Å². The maximum Gasteiger partial charge on any atom is 0.229 e. The van der Waals surface area contributed by atoms with Crippen LogP contribution in [0.2, 0.25) is 0 Å². The molecular formula is C23H31FN4O4. The summed E-state index contributed by atoms with van der Waals surface area (Å²) >= 11 is 0. The van der Waals surface area contributed by atoms with E-state index in [-0.39, 0.29) is 24.4 Å². The van der Waals surface area contributed by atoms with E-state index >= 15 is 0 Å². The molecule has 1 aromatic rings. The van der Waals surface area contributed by atoms with Gasteiger partial charge in [0.2, 0.25) is 12.3 Å². The maximum absolute atomic E-state index is 13.6. The number of morpholine rings is 1. The number of carbonyl (C=O) groups is 2. The zero-order valence-corrected chi connectivity index (χ0v) is 18.4. The number of ether oxygens (including phenoxy) is 1. The number of rotatable bonds is 9. The van der Waals surface area contributed by atoms with Crippen molar-refractivity contribution in [2.45, 2.75) is 26.0 Å². The normalized spacial score (nSPS) is 22.6. The monoisotopic (exact) mass is 446 g/mol. The van der Waals surface area contributed by atoms with Crippen LogP contribution < -0.4 is 16.0 Å². The first-order valence-electron chi connectivity index (χ1n) is 10.8. The van der Waals surface area contributed by atoms with Gasteiger partial charge in [-0.2, -0.15) is 0 Å². The molecule has 8 nitrogen and oxygen atoms in total. The molecular weight excluding hydrogens is 415 g/mol. The van der Waals surface area contributed by atoms with Crippen LogP contribution in [-0.4, -0.2) is 73.9 Å². The molecule has 32 heavy (non-hydrogen) atoms. The Morgan fingerprint density at radius 3 is 2.84 bits per heavy atom. The fourth-order valence-electron chi connectivity index (χ4n) is 4.10. The fourth-order valence-corrected chi connectivity index (χ4v) is 4.10. The van der Waals surface area contributed by atoms with Gasteiger partial charge in [-0.3, -0.25) is 14.5 Å². The van der Waals surface area contributed by atoms with Crippen LogP contribution in [0.1, 0.15) is 19.4 Å². The van der Waals surface area contributed by atoms with Gasteiger partial charge in [0.05, 0.1) is 25.2 Å². The van der Waals surface area contributed by atoms with Crippen molar-refractivity contribution in [3.05, 3.63) is 46.9 Å². The van der Waals surface area contributed by atoms with E-state index in [4.69, 9.17) is 4.74 Å². The summed E-state index contributed by atoms with van der Waals surface area (Å²) in [5.41, 5.74) is 2.64. The van der Waals surface area contributed by atoms with Crippen molar-refractivity contribution < 1.29 is 23.8 Å². The van der Waals surface area contributed by atoms with Crippen LogP contribution in [0, 0.1) is 11.7 Å². The Morgan fingerprint density at radius 1 is 1.38 bits per heavy atom. The number of aliphatic hydroxyl groups is 1. The summed E-state index contributed by atoms with van der Waals surface area (Å²) in [6.45, 7) is 7.35. The molecule has 2 aliphatic rings. The minimum absolute atomic E-state index is 0.133. The molecule has 3 atom stereocenters. The zero-order valence-electron chi connectivity index (χ0n) is 18.4. The number of allylic oxidation sites excluding steroid dienone is 1. The summed E-state index contributed by atoms with van der Waals surface area (Å²) in [6.07, 6.45) is 3.36. The highest BCUT2D eigenvalue weighted by atomic mass is 19.1. The van der Waals surface area contributed by atoms with Crippen LogP contribution in [0.25, 0.3) is 6.08 Å². The van der Waals surface area contributed by atoms with Gasteiger partial charge in [-0.25, -0.2) is 4.39 Å². The molecule has 2 amide bonds. The van der Waals surface area contributed by atoms with Crippen molar-refractivity contribution in [1.29, 1.82) is 0 Å². The highest BCUT2D eigenvalue weighted by Crippen LogP contribution is 2.28. The predicted octanol–water partition coefficient (Wildman–Crippen LogP) is 1.10. The number of halogens is 1. The first kappa shape index (κ1) is 23.9. The van der Waals surface area contributed by atoms with E-state index in [0.29, 0.717) is 37.4 Å². The number of carbonyl (C=O) groups excluding carboxylic acids is 2. The Hall–Kier alpha value is -2.75. The predicted molar refractivity (Wildman–Crippen MR) is 120 cm³/mol. The third-order valence-electron chi connectivity index (χ3n) is 5.80. The van der Waals surface area contributed by atoms with Gasteiger partial charge in [0.15, 0.2) is 0 Å². The average Bonchev–Trinajstić information content (AvgIpc) is 3.06. The van der Waals surface area contributed by atoms with Gasteiger partial charge >= 0.3 is 0 Å². The van der Waals surface area contributed by atoms with E-state index in [1.165, 1.54) is 18.2 Å². The molecule has 2 unspecified atom stereocenters. The van der Waals surface area contributed by atoms with E-state index < -0.39 is 11.9 Å². The molecule has 1 aromatic carbocycles. The summed E-state index contributed by atoms with van der Waals surface area (Å²) in [7, 11) is 0. The molecule has 0 bridgehead atoms. The van der Waals surface area contributed by atoms with Crippen LogP contribution in [0.4, 0.5) is 10.1 Å². The van der Waals surface area contributed by atoms with Gasteiger partial charge in [-0.1, -0.05) is 6.08 Å². The lowest BCUT2D eigenvalue weighted by Gasteiger charge is -2.28. The molecule has 0 spiro atoms. The third-order valence-corrected chi connectivity index (χ3v) is 5.80. The van der Waals surface area contributed by atoms with E-state index in [0.717, 1.165) is 24.4 Å². The number of nitrogens with zero attached hydrogens (tertiary/aromatic N) is 1. The number of amides is 2. The van der Waals surface area contributed by atoms with E-state index in [1.54, 1.807) is 12.2 Å². The molecule has 2 heterocycles. The van der Waals surface area contributed by atoms with E-state index in [9.17, 15) is 19.1 Å². The molecule has 174 valence electrons. The second kappa shape index (κ2) is 11.2. The van der Waals surface area contributed by atoms with Crippen LogP contribution in [0.15, 0.2) is 35.5 Å². The third kappa shape index (κ3) is 6.15. The molecule has 0 aliphatic carbocycles. The maximum atomic E-state index is 13.6. The van der Waals surface area contributed by atoms with E-state index in [1.807, 2.05) is 13.8 Å². The Bertz CT molecular complexity index is 883. The first-order chi connectivity index (χ1) is 15.4. The van der Waals surface area contributed by atoms with Crippen LogP contribution in [-0.2, 0) is 14.3 Å². The van der Waals surface area contributed by atoms with Crippen LogP contribution in [0.5, 0.6) is 0 Å². The summed E-state index contributed by atoms with van der Waals surface area (Å²) in [5, 5.41) is 19.0. The number of nitrogens with one attached hydrogen (secondary N) is 3. The molecule has 0 saturated carbocycles. The summed E-state index contributed by atoms with van der Waals surface area (Å²) in [4.78, 5) is 25.7. The van der Waals surface area contributed by atoms with Gasteiger partial charge in [-0.15, -0.1) is 0 Å². The molecule has 0 aromatic heterocycles. The van der Waals surface area contributed by atoms with Gasteiger partial charge in [0, 0.05) is 49.2 Å². The highest BCUT2D eigenvalue weighted by molar-refractivity contribution is 5.84. The van der Waals surface area contributed by atoms with Crippen molar-refractivity contribution in [2.24, 2.45) is 5.92 Å². The molecule has 3 rings (SSSR count). The molecule has 0 radical (unpaired) electrons. The number of aliphatic hydroxyl groups excluding tert-OH is 1. The smallest absolute Gasteiger partial charge is 0.229 e. The van der Waals surface area contributed by atoms with Crippen molar-refractivity contribution in [2.75, 3.05) is 44.7 Å². The van der Waals surface area contributed by atoms with Crippen molar-refractivity contribution in [1.82, 2.24) is 15.5 Å². The SMILES string of the molecule is CC1=C(/C=C/c2cc(F)ccc2NC=O)NC(C)C1C(=O)NC[C@H](O)CN1CCOCC1. The number of hydrogen-bond donors (Lipinski definition) is 4. The lowest BCUT2D eigenvalue weighted by atomic mass is 9.95. The van der Waals surface area contributed by atoms with Crippen molar-refractivity contribution in [3.8, 4) is 0 Å². The van der Waals surface area contributed by atoms with Crippen molar-refractivity contribution in [3.63, 3.8) is 0 Å². The Balaban J connectivity index is 1.61.